The standard InChI is InChI=1S/C13H15NO3S/c1-10-13(14-6-8-17-9-7-14)11-4-2-3-5-12(11)18(10,15)16/h2-5H,6-9H2,1H3. The van der Waals surface area contributed by atoms with Crippen LogP contribution in [0.5, 0.6) is 0 Å². The molecule has 0 bridgehead atoms. The van der Waals surface area contributed by atoms with E-state index in [0.717, 1.165) is 24.4 Å². The Morgan fingerprint density at radius 3 is 2.56 bits per heavy atom. The zero-order chi connectivity index (χ0) is 12.8. The number of fused-ring (bicyclic) bond motifs is 1. The van der Waals surface area contributed by atoms with E-state index in [1.54, 1.807) is 19.1 Å². The summed E-state index contributed by atoms with van der Waals surface area (Å²) in [5.41, 5.74) is 1.69. The lowest BCUT2D eigenvalue weighted by Crippen LogP contribution is -2.35. The van der Waals surface area contributed by atoms with Gasteiger partial charge in [0.1, 0.15) is 0 Å². The van der Waals surface area contributed by atoms with E-state index in [9.17, 15) is 8.42 Å². The minimum atomic E-state index is -3.29. The predicted octanol–water partition coefficient (Wildman–Crippen LogP) is 1.49. The number of nitrogens with zero attached hydrogens (tertiary/aromatic N) is 1. The van der Waals surface area contributed by atoms with Crippen molar-refractivity contribution in [1.29, 1.82) is 0 Å². The van der Waals surface area contributed by atoms with Crippen LogP contribution in [0.4, 0.5) is 0 Å². The third-order valence-corrected chi connectivity index (χ3v) is 5.43. The van der Waals surface area contributed by atoms with E-state index >= 15 is 0 Å². The topological polar surface area (TPSA) is 46.6 Å². The maximum Gasteiger partial charge on any atom is 0.205 e. The van der Waals surface area contributed by atoms with Gasteiger partial charge in [0.2, 0.25) is 9.84 Å². The molecule has 2 aliphatic rings. The number of hydrogen-bond donors (Lipinski definition) is 0. The Morgan fingerprint density at radius 1 is 1.17 bits per heavy atom. The molecule has 1 fully saturated rings. The first-order valence-corrected chi connectivity index (χ1v) is 7.49. The first-order chi connectivity index (χ1) is 8.62. The lowest BCUT2D eigenvalue weighted by molar-refractivity contribution is 0.0638. The summed E-state index contributed by atoms with van der Waals surface area (Å²) in [7, 11) is -3.29. The number of morpholine rings is 1. The van der Waals surface area contributed by atoms with Crippen LogP contribution in [0.15, 0.2) is 34.1 Å². The molecule has 0 radical (unpaired) electrons. The van der Waals surface area contributed by atoms with Gasteiger partial charge in [0, 0.05) is 18.7 Å². The molecular weight excluding hydrogens is 250 g/mol. The Bertz CT molecular complexity index is 613. The van der Waals surface area contributed by atoms with Crippen LogP contribution in [0.3, 0.4) is 0 Å². The molecule has 1 aromatic rings. The number of benzene rings is 1. The molecule has 0 saturated carbocycles. The van der Waals surface area contributed by atoms with Gasteiger partial charge < -0.3 is 9.64 Å². The van der Waals surface area contributed by atoms with Crippen molar-refractivity contribution in [3.8, 4) is 0 Å². The summed E-state index contributed by atoms with van der Waals surface area (Å²) in [6.45, 7) is 4.49. The Morgan fingerprint density at radius 2 is 1.83 bits per heavy atom. The molecule has 0 unspecified atom stereocenters. The fourth-order valence-electron chi connectivity index (χ4n) is 2.56. The largest absolute Gasteiger partial charge is 0.378 e. The van der Waals surface area contributed by atoms with Crippen molar-refractivity contribution < 1.29 is 13.2 Å². The van der Waals surface area contributed by atoms with Crippen molar-refractivity contribution in [2.75, 3.05) is 26.3 Å². The van der Waals surface area contributed by atoms with Gasteiger partial charge in [0.15, 0.2) is 0 Å². The van der Waals surface area contributed by atoms with E-state index in [2.05, 4.69) is 4.90 Å². The number of ether oxygens (including phenoxy) is 1. The summed E-state index contributed by atoms with van der Waals surface area (Å²) in [4.78, 5) is 3.01. The lowest BCUT2D eigenvalue weighted by atomic mass is 10.1. The van der Waals surface area contributed by atoms with E-state index in [-0.39, 0.29) is 0 Å². The minimum absolute atomic E-state index is 0.434. The van der Waals surface area contributed by atoms with Crippen LogP contribution in [0.25, 0.3) is 5.70 Å². The summed E-state index contributed by atoms with van der Waals surface area (Å²) in [5.74, 6) is 0. The van der Waals surface area contributed by atoms with E-state index < -0.39 is 9.84 Å². The summed E-state index contributed by atoms with van der Waals surface area (Å²) >= 11 is 0. The molecule has 5 heteroatoms. The molecule has 18 heavy (non-hydrogen) atoms. The second-order valence-corrected chi connectivity index (χ2v) is 6.56. The van der Waals surface area contributed by atoms with Crippen molar-refractivity contribution in [2.45, 2.75) is 11.8 Å². The van der Waals surface area contributed by atoms with E-state index in [0.29, 0.717) is 23.0 Å². The molecule has 0 spiro atoms. The molecule has 0 amide bonds. The molecule has 0 aliphatic carbocycles. The summed E-state index contributed by atoms with van der Waals surface area (Å²) < 4.78 is 30.0. The Kier molecular flexibility index (Phi) is 2.68. The van der Waals surface area contributed by atoms with Crippen LogP contribution >= 0.6 is 0 Å². The van der Waals surface area contributed by atoms with Crippen molar-refractivity contribution in [1.82, 2.24) is 4.90 Å². The van der Waals surface area contributed by atoms with E-state index in [1.807, 2.05) is 12.1 Å². The van der Waals surface area contributed by atoms with E-state index in [4.69, 9.17) is 4.74 Å². The first kappa shape index (κ1) is 11.7. The summed E-state index contributed by atoms with van der Waals surface area (Å²) in [5, 5.41) is 0. The molecule has 4 nitrogen and oxygen atoms in total. The van der Waals surface area contributed by atoms with Gasteiger partial charge in [-0.05, 0) is 13.0 Å². The number of sulfone groups is 1. The second kappa shape index (κ2) is 4.10. The van der Waals surface area contributed by atoms with Crippen LogP contribution < -0.4 is 0 Å². The minimum Gasteiger partial charge on any atom is -0.378 e. The maximum atomic E-state index is 12.3. The van der Waals surface area contributed by atoms with Crippen LogP contribution in [-0.4, -0.2) is 39.6 Å². The van der Waals surface area contributed by atoms with Gasteiger partial charge in [-0.1, -0.05) is 18.2 Å². The molecule has 96 valence electrons. The molecule has 1 saturated heterocycles. The zero-order valence-electron chi connectivity index (χ0n) is 10.2. The molecule has 3 rings (SSSR count). The average Bonchev–Trinajstić information content (AvgIpc) is 2.60. The van der Waals surface area contributed by atoms with Crippen molar-refractivity contribution in [3.05, 3.63) is 34.7 Å². The lowest BCUT2D eigenvalue weighted by Gasteiger charge is -2.30. The van der Waals surface area contributed by atoms with Gasteiger partial charge in [-0.2, -0.15) is 0 Å². The SMILES string of the molecule is CC1=C(N2CCOCC2)c2ccccc2S1(=O)=O. The highest BCUT2D eigenvalue weighted by Crippen LogP contribution is 2.40. The van der Waals surface area contributed by atoms with Gasteiger partial charge in [0.05, 0.1) is 28.7 Å². The quantitative estimate of drug-likeness (QED) is 0.772. The summed E-state index contributed by atoms with van der Waals surface area (Å²) in [6, 6.07) is 7.22. The third-order valence-electron chi connectivity index (χ3n) is 3.50. The van der Waals surface area contributed by atoms with Crippen LogP contribution in [-0.2, 0) is 14.6 Å². The van der Waals surface area contributed by atoms with Gasteiger partial charge in [-0.15, -0.1) is 0 Å². The molecule has 1 aromatic carbocycles. The summed E-state index contributed by atoms with van der Waals surface area (Å²) in [6.07, 6.45) is 0. The average molecular weight is 265 g/mol. The van der Waals surface area contributed by atoms with Gasteiger partial charge in [0.25, 0.3) is 0 Å². The highest BCUT2D eigenvalue weighted by atomic mass is 32.2. The smallest absolute Gasteiger partial charge is 0.205 e. The monoisotopic (exact) mass is 265 g/mol. The van der Waals surface area contributed by atoms with Crippen LogP contribution in [0.2, 0.25) is 0 Å². The second-order valence-electron chi connectivity index (χ2n) is 4.50. The number of hydrogen-bond acceptors (Lipinski definition) is 4. The highest BCUT2D eigenvalue weighted by Gasteiger charge is 2.35. The van der Waals surface area contributed by atoms with Gasteiger partial charge in [-0.25, -0.2) is 8.42 Å². The normalized spacial score (nSPS) is 22.2. The molecule has 2 heterocycles. The molecule has 0 N–H and O–H groups in total. The Labute approximate surface area is 107 Å². The van der Waals surface area contributed by atoms with Crippen LogP contribution in [0.1, 0.15) is 12.5 Å². The fourth-order valence-corrected chi connectivity index (χ4v) is 4.09. The predicted molar refractivity (Wildman–Crippen MR) is 68.6 cm³/mol. The van der Waals surface area contributed by atoms with Crippen LogP contribution in [0, 0.1) is 0 Å². The van der Waals surface area contributed by atoms with Crippen molar-refractivity contribution in [3.63, 3.8) is 0 Å². The van der Waals surface area contributed by atoms with E-state index in [1.165, 1.54) is 0 Å². The number of rotatable bonds is 1. The molecule has 0 atom stereocenters. The van der Waals surface area contributed by atoms with Crippen molar-refractivity contribution >= 4 is 15.5 Å². The molecular formula is C13H15NO3S. The molecule has 0 aromatic heterocycles. The van der Waals surface area contributed by atoms with Gasteiger partial charge >= 0.3 is 0 Å². The molecule has 2 aliphatic heterocycles. The number of allylic oxidation sites excluding steroid dienone is 1. The first-order valence-electron chi connectivity index (χ1n) is 6.00. The fraction of sp³-hybridized carbons (Fsp3) is 0.385. The Hall–Kier alpha value is -1.33. The zero-order valence-corrected chi connectivity index (χ0v) is 11.0. The maximum absolute atomic E-state index is 12.3. The third kappa shape index (κ3) is 1.58. The van der Waals surface area contributed by atoms with Crippen molar-refractivity contribution in [2.24, 2.45) is 0 Å². The Balaban J connectivity index is 2.16. The van der Waals surface area contributed by atoms with Gasteiger partial charge in [-0.3, -0.25) is 0 Å². The highest BCUT2D eigenvalue weighted by molar-refractivity contribution is 7.95.